The Morgan fingerprint density at radius 1 is 1.40 bits per heavy atom. The molecule has 0 saturated carbocycles. The summed E-state index contributed by atoms with van der Waals surface area (Å²) in [5.74, 6) is -2.27. The van der Waals surface area contributed by atoms with Gasteiger partial charge in [-0.2, -0.15) is 0 Å². The van der Waals surface area contributed by atoms with Crippen LogP contribution in [0.5, 0.6) is 5.75 Å². The number of alkyl halides is 4. The molecule has 1 rings (SSSR count). The summed E-state index contributed by atoms with van der Waals surface area (Å²) in [7, 11) is 0. The van der Waals surface area contributed by atoms with Crippen molar-refractivity contribution in [3.63, 3.8) is 0 Å². The van der Waals surface area contributed by atoms with Gasteiger partial charge in [0.15, 0.2) is 5.78 Å². The Kier molecular flexibility index (Phi) is 4.99. The minimum atomic E-state index is -4.89. The van der Waals surface area contributed by atoms with Gasteiger partial charge in [-0.15, -0.1) is 24.8 Å². The van der Waals surface area contributed by atoms with E-state index in [-0.39, 0.29) is 11.1 Å². The Balaban J connectivity index is 3.19. The number of carbonyl (C=O) groups is 2. The van der Waals surface area contributed by atoms with Crippen LogP contribution in [-0.2, 0) is 16.0 Å². The van der Waals surface area contributed by atoms with E-state index in [1.165, 1.54) is 6.92 Å². The Morgan fingerprint density at radius 2 is 2.00 bits per heavy atom. The van der Waals surface area contributed by atoms with Gasteiger partial charge in [-0.1, -0.05) is 6.07 Å². The monoisotopic (exact) mass is 310 g/mol. The lowest BCUT2D eigenvalue weighted by Crippen LogP contribution is -2.18. The second kappa shape index (κ2) is 6.13. The van der Waals surface area contributed by atoms with Gasteiger partial charge in [0.25, 0.3) is 0 Å². The number of benzene rings is 1. The first-order valence-corrected chi connectivity index (χ1v) is 5.78. The first kappa shape index (κ1) is 16.3. The van der Waals surface area contributed by atoms with Crippen molar-refractivity contribution in [1.82, 2.24) is 0 Å². The summed E-state index contributed by atoms with van der Waals surface area (Å²) in [6.07, 6.45) is -5.45. The summed E-state index contributed by atoms with van der Waals surface area (Å²) in [5.41, 5.74) is 0.144. The molecule has 0 aliphatic rings. The molecule has 0 fully saturated rings. The van der Waals surface area contributed by atoms with Gasteiger partial charge >= 0.3 is 12.3 Å². The van der Waals surface area contributed by atoms with E-state index in [0.717, 1.165) is 18.2 Å². The van der Waals surface area contributed by atoms with Crippen molar-refractivity contribution in [2.75, 3.05) is 0 Å². The molecule has 0 aliphatic heterocycles. The number of carboxylic acids is 1. The van der Waals surface area contributed by atoms with Crippen molar-refractivity contribution in [3.05, 3.63) is 29.3 Å². The Hall–Kier alpha value is -1.76. The van der Waals surface area contributed by atoms with Crippen molar-refractivity contribution >= 4 is 23.4 Å². The third-order valence-corrected chi connectivity index (χ3v) is 2.86. The van der Waals surface area contributed by atoms with Crippen molar-refractivity contribution in [1.29, 1.82) is 0 Å². The van der Waals surface area contributed by atoms with Gasteiger partial charge in [-0.05, 0) is 30.2 Å². The molecule has 20 heavy (non-hydrogen) atoms. The van der Waals surface area contributed by atoms with Crippen LogP contribution in [0.1, 0.15) is 23.4 Å². The van der Waals surface area contributed by atoms with Crippen molar-refractivity contribution < 1.29 is 32.6 Å². The molecule has 8 heteroatoms. The molecule has 1 atom stereocenters. The molecule has 1 aromatic carbocycles. The average Bonchev–Trinajstić information content (AvgIpc) is 2.25. The summed E-state index contributed by atoms with van der Waals surface area (Å²) < 4.78 is 40.0. The molecule has 0 aromatic heterocycles. The highest BCUT2D eigenvalue weighted by molar-refractivity contribution is 6.30. The highest BCUT2D eigenvalue weighted by Crippen LogP contribution is 2.31. The lowest BCUT2D eigenvalue weighted by molar-refractivity contribution is -0.274. The molecule has 110 valence electrons. The smallest absolute Gasteiger partial charge is 0.481 e. The second-order valence-corrected chi connectivity index (χ2v) is 4.39. The number of ether oxygens (including phenoxy) is 1. The highest BCUT2D eigenvalue weighted by atomic mass is 35.5. The van der Waals surface area contributed by atoms with Crippen molar-refractivity contribution in [3.8, 4) is 5.75 Å². The minimum Gasteiger partial charge on any atom is -0.481 e. The second-order valence-electron chi connectivity index (χ2n) is 3.95. The fourth-order valence-electron chi connectivity index (χ4n) is 1.56. The normalized spacial score (nSPS) is 12.8. The first-order valence-electron chi connectivity index (χ1n) is 5.35. The van der Waals surface area contributed by atoms with E-state index in [0.29, 0.717) is 0 Å². The summed E-state index contributed by atoms with van der Waals surface area (Å²) >= 11 is 5.81. The van der Waals surface area contributed by atoms with E-state index in [4.69, 9.17) is 16.7 Å². The van der Waals surface area contributed by atoms with Crippen molar-refractivity contribution in [2.45, 2.75) is 25.1 Å². The molecule has 0 bridgehead atoms. The Morgan fingerprint density at radius 3 is 2.45 bits per heavy atom. The first-order chi connectivity index (χ1) is 9.10. The molecule has 0 aliphatic carbocycles. The third-order valence-electron chi connectivity index (χ3n) is 2.32. The largest absolute Gasteiger partial charge is 0.573 e. The van der Waals surface area contributed by atoms with Gasteiger partial charge in [0.05, 0.1) is 6.42 Å². The maximum Gasteiger partial charge on any atom is 0.573 e. The molecule has 0 radical (unpaired) electrons. The number of hydrogen-bond acceptors (Lipinski definition) is 3. The highest BCUT2D eigenvalue weighted by Gasteiger charge is 2.31. The molecule has 1 aromatic rings. The standard InChI is InChI=1S/C12H10ClF3O4/c1-6(17)11(13)9-3-2-8(20-12(14,15)16)4-7(9)5-10(18)19/h2-4,11H,5H2,1H3,(H,18,19). The Labute approximate surface area is 117 Å². The lowest BCUT2D eigenvalue weighted by atomic mass is 9.99. The number of carbonyl (C=O) groups excluding carboxylic acids is 1. The number of halogens is 4. The van der Waals surface area contributed by atoms with Crippen LogP contribution in [0.25, 0.3) is 0 Å². The van der Waals surface area contributed by atoms with Crippen LogP contribution in [0.2, 0.25) is 0 Å². The summed E-state index contributed by atoms with van der Waals surface area (Å²) in [6, 6.07) is 3.04. The predicted molar refractivity (Wildman–Crippen MR) is 63.7 cm³/mol. The van der Waals surface area contributed by atoms with Crippen LogP contribution >= 0.6 is 11.6 Å². The van der Waals surface area contributed by atoms with Crippen LogP contribution < -0.4 is 4.74 Å². The van der Waals surface area contributed by atoms with E-state index in [1.54, 1.807) is 0 Å². The van der Waals surface area contributed by atoms with Gasteiger partial charge in [0, 0.05) is 0 Å². The molecule has 1 N–H and O–H groups in total. The van der Waals surface area contributed by atoms with Crippen LogP contribution in [0, 0.1) is 0 Å². The quantitative estimate of drug-likeness (QED) is 0.849. The summed E-state index contributed by atoms with van der Waals surface area (Å²) in [6.45, 7) is 1.20. The molecule has 0 spiro atoms. The average molecular weight is 311 g/mol. The number of carboxylic acid groups (broad SMARTS) is 1. The fraction of sp³-hybridized carbons (Fsp3) is 0.333. The predicted octanol–water partition coefficient (Wildman–Crippen LogP) is 3.08. The molecule has 1 unspecified atom stereocenters. The molecular formula is C12H10ClF3O4. The van der Waals surface area contributed by atoms with Gasteiger partial charge in [0.1, 0.15) is 11.1 Å². The number of rotatable bonds is 5. The summed E-state index contributed by atoms with van der Waals surface area (Å²) in [4.78, 5) is 21.9. The molecular weight excluding hydrogens is 301 g/mol. The number of ketones is 1. The van der Waals surface area contributed by atoms with Gasteiger partial charge in [-0.25, -0.2) is 0 Å². The maximum atomic E-state index is 12.1. The number of hydrogen-bond donors (Lipinski definition) is 1. The van der Waals surface area contributed by atoms with Crippen LogP contribution in [-0.4, -0.2) is 23.2 Å². The number of Topliss-reactive ketones (excluding diaryl/α,β-unsaturated/α-hetero) is 1. The van der Waals surface area contributed by atoms with Gasteiger partial charge in [-0.3, -0.25) is 9.59 Å². The lowest BCUT2D eigenvalue weighted by Gasteiger charge is -2.14. The Bertz CT molecular complexity index is 528. The molecule has 0 amide bonds. The molecule has 0 heterocycles. The minimum absolute atomic E-state index is 0.00514. The topological polar surface area (TPSA) is 63.6 Å². The maximum absolute atomic E-state index is 12.1. The van der Waals surface area contributed by atoms with Gasteiger partial charge < -0.3 is 9.84 Å². The van der Waals surface area contributed by atoms with Crippen LogP contribution in [0.15, 0.2) is 18.2 Å². The van der Waals surface area contributed by atoms with Gasteiger partial charge in [0.2, 0.25) is 0 Å². The third kappa shape index (κ3) is 4.73. The zero-order chi connectivity index (χ0) is 15.5. The fourth-order valence-corrected chi connectivity index (χ4v) is 1.77. The van der Waals surface area contributed by atoms with Crippen LogP contribution in [0.4, 0.5) is 13.2 Å². The van der Waals surface area contributed by atoms with Crippen LogP contribution in [0.3, 0.4) is 0 Å². The van der Waals surface area contributed by atoms with E-state index in [1.807, 2.05) is 0 Å². The molecule has 4 nitrogen and oxygen atoms in total. The van der Waals surface area contributed by atoms with E-state index in [2.05, 4.69) is 4.74 Å². The van der Waals surface area contributed by atoms with E-state index >= 15 is 0 Å². The summed E-state index contributed by atoms with van der Waals surface area (Å²) in [5, 5.41) is 7.62. The van der Waals surface area contributed by atoms with Crippen molar-refractivity contribution in [2.24, 2.45) is 0 Å². The molecule has 0 saturated heterocycles. The van der Waals surface area contributed by atoms with E-state index in [9.17, 15) is 22.8 Å². The zero-order valence-corrected chi connectivity index (χ0v) is 11.0. The SMILES string of the molecule is CC(=O)C(Cl)c1ccc(OC(F)(F)F)cc1CC(=O)O. The number of aliphatic carboxylic acids is 1. The zero-order valence-electron chi connectivity index (χ0n) is 10.2. The van der Waals surface area contributed by atoms with E-state index < -0.39 is 35.7 Å².